The SMILES string of the molecule is CC(C)(C)OC(=O)N1CC=C2C(C#N)=C(N)C(C#N)=C(c3ccccc3F)[C@H]2C1. The molecule has 0 radical (unpaired) electrons. The summed E-state index contributed by atoms with van der Waals surface area (Å²) in [6, 6.07) is 10.2. The van der Waals surface area contributed by atoms with Crippen molar-refractivity contribution in [2.24, 2.45) is 11.7 Å². The molecule has 0 saturated heterocycles. The van der Waals surface area contributed by atoms with E-state index >= 15 is 0 Å². The lowest BCUT2D eigenvalue weighted by Crippen LogP contribution is -2.44. The smallest absolute Gasteiger partial charge is 0.410 e. The van der Waals surface area contributed by atoms with Crippen LogP contribution in [0, 0.1) is 34.4 Å². The monoisotopic (exact) mass is 392 g/mol. The molecule has 1 heterocycles. The van der Waals surface area contributed by atoms with Gasteiger partial charge in [-0.15, -0.1) is 0 Å². The Kier molecular flexibility index (Phi) is 5.18. The molecule has 0 spiro atoms. The number of carbonyl (C=O) groups excluding carboxylic acids is 1. The molecule has 0 fully saturated rings. The number of hydrogen-bond acceptors (Lipinski definition) is 5. The number of fused-ring (bicyclic) bond motifs is 1. The molecular weight excluding hydrogens is 371 g/mol. The van der Waals surface area contributed by atoms with E-state index in [1.54, 1.807) is 45.0 Å². The van der Waals surface area contributed by atoms with E-state index in [0.717, 1.165) is 0 Å². The molecule has 0 unspecified atom stereocenters. The predicted octanol–water partition coefficient (Wildman–Crippen LogP) is 3.65. The van der Waals surface area contributed by atoms with Crippen molar-refractivity contribution in [3.63, 3.8) is 0 Å². The first kappa shape index (κ1) is 20.2. The number of ether oxygens (including phenoxy) is 1. The van der Waals surface area contributed by atoms with E-state index in [1.165, 1.54) is 11.0 Å². The Hall–Kier alpha value is -3.58. The molecule has 6 nitrogen and oxygen atoms in total. The molecule has 2 aliphatic rings. The number of carbonyl (C=O) groups is 1. The second kappa shape index (κ2) is 7.44. The van der Waals surface area contributed by atoms with E-state index in [0.29, 0.717) is 11.1 Å². The number of hydrogen-bond donors (Lipinski definition) is 1. The number of amides is 1. The van der Waals surface area contributed by atoms with Crippen LogP contribution in [-0.4, -0.2) is 29.7 Å². The van der Waals surface area contributed by atoms with Crippen molar-refractivity contribution in [3.05, 3.63) is 64.1 Å². The molecule has 148 valence electrons. The lowest BCUT2D eigenvalue weighted by atomic mass is 9.73. The maximum Gasteiger partial charge on any atom is 0.410 e. The minimum absolute atomic E-state index is 0.0291. The van der Waals surface area contributed by atoms with Gasteiger partial charge in [-0.1, -0.05) is 24.3 Å². The first-order chi connectivity index (χ1) is 13.7. The van der Waals surface area contributed by atoms with Gasteiger partial charge in [-0.2, -0.15) is 10.5 Å². The molecule has 1 atom stereocenters. The zero-order valence-electron chi connectivity index (χ0n) is 16.5. The number of nitriles is 2. The van der Waals surface area contributed by atoms with Gasteiger partial charge >= 0.3 is 6.09 Å². The van der Waals surface area contributed by atoms with Crippen molar-refractivity contribution < 1.29 is 13.9 Å². The van der Waals surface area contributed by atoms with Gasteiger partial charge in [-0.05, 0) is 38.0 Å². The summed E-state index contributed by atoms with van der Waals surface area (Å²) >= 11 is 0. The Bertz CT molecular complexity index is 1050. The highest BCUT2D eigenvalue weighted by Gasteiger charge is 2.39. The average Bonchev–Trinajstić information content (AvgIpc) is 2.66. The fourth-order valence-electron chi connectivity index (χ4n) is 3.59. The lowest BCUT2D eigenvalue weighted by Gasteiger charge is -2.38. The van der Waals surface area contributed by atoms with Crippen molar-refractivity contribution in [2.75, 3.05) is 13.1 Å². The number of allylic oxidation sites excluding steroid dienone is 2. The fraction of sp³-hybridized carbons (Fsp3) is 0.318. The quantitative estimate of drug-likeness (QED) is 0.786. The van der Waals surface area contributed by atoms with E-state index in [2.05, 4.69) is 6.07 Å². The maximum absolute atomic E-state index is 14.6. The summed E-state index contributed by atoms with van der Waals surface area (Å²) in [6.07, 6.45) is 1.21. The van der Waals surface area contributed by atoms with Crippen LogP contribution < -0.4 is 5.73 Å². The Balaban J connectivity index is 2.15. The molecule has 1 aromatic carbocycles. The third-order valence-corrected chi connectivity index (χ3v) is 4.79. The second-order valence-corrected chi connectivity index (χ2v) is 7.88. The van der Waals surface area contributed by atoms with Gasteiger partial charge in [0, 0.05) is 24.6 Å². The van der Waals surface area contributed by atoms with Gasteiger partial charge in [0.2, 0.25) is 0 Å². The van der Waals surface area contributed by atoms with E-state index in [9.17, 15) is 19.7 Å². The van der Waals surface area contributed by atoms with Crippen molar-refractivity contribution in [3.8, 4) is 12.1 Å². The summed E-state index contributed by atoms with van der Waals surface area (Å²) in [5.74, 6) is -1.07. The van der Waals surface area contributed by atoms with E-state index in [4.69, 9.17) is 10.5 Å². The largest absolute Gasteiger partial charge is 0.444 e. The Labute approximate surface area is 169 Å². The molecule has 0 aromatic heterocycles. The molecule has 1 amide bonds. The summed E-state index contributed by atoms with van der Waals surface area (Å²) in [4.78, 5) is 14.1. The first-order valence-electron chi connectivity index (χ1n) is 9.15. The van der Waals surface area contributed by atoms with Gasteiger partial charge in [-0.25, -0.2) is 9.18 Å². The van der Waals surface area contributed by atoms with Crippen LogP contribution in [0.25, 0.3) is 5.57 Å². The summed E-state index contributed by atoms with van der Waals surface area (Å²) in [5, 5.41) is 19.3. The van der Waals surface area contributed by atoms with Gasteiger partial charge in [0.05, 0.1) is 16.8 Å². The minimum Gasteiger partial charge on any atom is -0.444 e. The molecule has 1 aliphatic heterocycles. The van der Waals surface area contributed by atoms with E-state index in [1.807, 2.05) is 6.07 Å². The first-order valence-corrected chi connectivity index (χ1v) is 9.15. The molecule has 0 bridgehead atoms. The third kappa shape index (κ3) is 3.72. The Morgan fingerprint density at radius 2 is 1.90 bits per heavy atom. The molecule has 1 aliphatic carbocycles. The van der Waals surface area contributed by atoms with E-state index in [-0.39, 0.29) is 35.5 Å². The second-order valence-electron chi connectivity index (χ2n) is 7.88. The van der Waals surface area contributed by atoms with Gasteiger partial charge in [0.15, 0.2) is 0 Å². The highest BCUT2D eigenvalue weighted by molar-refractivity contribution is 5.85. The van der Waals surface area contributed by atoms with Gasteiger partial charge in [0.1, 0.15) is 23.6 Å². The van der Waals surface area contributed by atoms with Crippen molar-refractivity contribution in [2.45, 2.75) is 26.4 Å². The Morgan fingerprint density at radius 1 is 1.24 bits per heavy atom. The third-order valence-electron chi connectivity index (χ3n) is 4.79. The molecule has 29 heavy (non-hydrogen) atoms. The summed E-state index contributed by atoms with van der Waals surface area (Å²) in [6.45, 7) is 5.69. The van der Waals surface area contributed by atoms with Gasteiger partial charge in [0.25, 0.3) is 0 Å². The standard InChI is InChI=1S/C22H21FN4O2/c1-22(2,3)29-21(28)27-9-8-13-15(10-24)20(26)16(11-25)19(17(13)12-27)14-6-4-5-7-18(14)23/h4-8,17H,9,12,26H2,1-3H3/t17-/m0/s1. The van der Waals surface area contributed by atoms with Crippen LogP contribution in [-0.2, 0) is 4.74 Å². The molecule has 0 saturated carbocycles. The number of nitrogens with two attached hydrogens (primary N) is 1. The number of halogens is 1. The van der Waals surface area contributed by atoms with Crippen LogP contribution in [0.2, 0.25) is 0 Å². The van der Waals surface area contributed by atoms with Crippen LogP contribution in [0.3, 0.4) is 0 Å². The van der Waals surface area contributed by atoms with Crippen molar-refractivity contribution >= 4 is 11.7 Å². The number of nitrogens with zero attached hydrogens (tertiary/aromatic N) is 3. The van der Waals surface area contributed by atoms with E-state index < -0.39 is 23.4 Å². The van der Waals surface area contributed by atoms with Crippen LogP contribution in [0.5, 0.6) is 0 Å². The van der Waals surface area contributed by atoms with Crippen molar-refractivity contribution in [1.29, 1.82) is 10.5 Å². The van der Waals surface area contributed by atoms with Crippen LogP contribution in [0.1, 0.15) is 26.3 Å². The van der Waals surface area contributed by atoms with Crippen LogP contribution in [0.15, 0.2) is 52.8 Å². The molecular formula is C22H21FN4O2. The van der Waals surface area contributed by atoms with Crippen molar-refractivity contribution in [1.82, 2.24) is 4.90 Å². The molecule has 2 N–H and O–H groups in total. The predicted molar refractivity (Wildman–Crippen MR) is 105 cm³/mol. The molecule has 3 rings (SSSR count). The Morgan fingerprint density at radius 3 is 2.48 bits per heavy atom. The zero-order chi connectivity index (χ0) is 21.3. The topological polar surface area (TPSA) is 103 Å². The van der Waals surface area contributed by atoms with Gasteiger partial charge in [-0.3, -0.25) is 0 Å². The molecule has 1 aromatic rings. The summed E-state index contributed by atoms with van der Waals surface area (Å²) in [5.41, 5.74) is 6.92. The zero-order valence-corrected chi connectivity index (χ0v) is 16.5. The van der Waals surface area contributed by atoms with Crippen LogP contribution in [0.4, 0.5) is 9.18 Å². The fourth-order valence-corrected chi connectivity index (χ4v) is 3.59. The number of benzene rings is 1. The minimum atomic E-state index is -0.669. The highest BCUT2D eigenvalue weighted by Crippen LogP contribution is 2.44. The number of rotatable bonds is 1. The molecule has 7 heteroatoms. The lowest BCUT2D eigenvalue weighted by molar-refractivity contribution is 0.0253. The van der Waals surface area contributed by atoms with Crippen LogP contribution >= 0.6 is 0 Å². The normalized spacial score (nSPS) is 19.2. The average molecular weight is 392 g/mol. The summed E-state index contributed by atoms with van der Waals surface area (Å²) in [7, 11) is 0. The van der Waals surface area contributed by atoms with Gasteiger partial charge < -0.3 is 15.4 Å². The summed E-state index contributed by atoms with van der Waals surface area (Å²) < 4.78 is 20.1. The maximum atomic E-state index is 14.6. The highest BCUT2D eigenvalue weighted by atomic mass is 19.1.